The summed E-state index contributed by atoms with van der Waals surface area (Å²) < 4.78 is 0. The number of amides is 1. The van der Waals surface area contributed by atoms with Crippen molar-refractivity contribution in [2.45, 2.75) is 52.7 Å². The lowest BCUT2D eigenvalue weighted by molar-refractivity contribution is -0.122. The fraction of sp³-hybridized carbons (Fsp3) is 0.562. The molecule has 0 aromatic heterocycles. The van der Waals surface area contributed by atoms with Gasteiger partial charge in [-0.2, -0.15) is 0 Å². The van der Waals surface area contributed by atoms with E-state index in [-0.39, 0.29) is 18.0 Å². The highest BCUT2D eigenvalue weighted by molar-refractivity contribution is 5.85. The molecule has 3 N–H and O–H groups in total. The molecule has 20 heavy (non-hydrogen) atoms. The van der Waals surface area contributed by atoms with E-state index in [1.54, 1.807) is 0 Å². The van der Waals surface area contributed by atoms with Gasteiger partial charge in [-0.1, -0.05) is 19.1 Å². The minimum Gasteiger partial charge on any atom is -0.360 e. The van der Waals surface area contributed by atoms with Crippen LogP contribution < -0.4 is 16.0 Å². The molecule has 0 aliphatic carbocycles. The molecule has 1 unspecified atom stereocenters. The van der Waals surface area contributed by atoms with Crippen molar-refractivity contribution in [3.05, 3.63) is 29.8 Å². The number of anilines is 1. The van der Waals surface area contributed by atoms with Crippen molar-refractivity contribution >= 4 is 11.6 Å². The van der Waals surface area contributed by atoms with Gasteiger partial charge in [-0.15, -0.1) is 0 Å². The highest BCUT2D eigenvalue weighted by Gasteiger charge is 2.21. The van der Waals surface area contributed by atoms with Crippen LogP contribution >= 0.6 is 0 Å². The summed E-state index contributed by atoms with van der Waals surface area (Å²) in [5.74, 6) is 0.0661. The molecule has 0 radical (unpaired) electrons. The monoisotopic (exact) mass is 277 g/mol. The van der Waals surface area contributed by atoms with Crippen LogP contribution in [0.5, 0.6) is 0 Å². The van der Waals surface area contributed by atoms with Gasteiger partial charge in [0.2, 0.25) is 5.91 Å². The van der Waals surface area contributed by atoms with Gasteiger partial charge in [-0.25, -0.2) is 0 Å². The van der Waals surface area contributed by atoms with E-state index in [2.05, 4.69) is 17.1 Å². The molecule has 1 aromatic carbocycles. The van der Waals surface area contributed by atoms with E-state index in [1.165, 1.54) is 0 Å². The highest BCUT2D eigenvalue weighted by Crippen LogP contribution is 2.18. The van der Waals surface area contributed by atoms with Crippen LogP contribution in [0.4, 0.5) is 5.69 Å². The first-order valence-electron chi connectivity index (χ1n) is 7.35. The first-order valence-corrected chi connectivity index (χ1v) is 7.35. The molecule has 112 valence electrons. The van der Waals surface area contributed by atoms with E-state index in [9.17, 15) is 4.79 Å². The number of nitrogens with two attached hydrogens (primary N) is 1. The highest BCUT2D eigenvalue weighted by atomic mass is 16.2. The van der Waals surface area contributed by atoms with Crippen molar-refractivity contribution in [1.29, 1.82) is 0 Å². The van der Waals surface area contributed by atoms with Gasteiger partial charge in [0.1, 0.15) is 6.04 Å². The van der Waals surface area contributed by atoms with Crippen LogP contribution in [0.15, 0.2) is 24.3 Å². The molecule has 0 spiro atoms. The Morgan fingerprint density at radius 3 is 2.30 bits per heavy atom. The lowest BCUT2D eigenvalue weighted by atomic mass is 10.1. The third-order valence-electron chi connectivity index (χ3n) is 3.25. The number of rotatable bonds is 7. The molecule has 0 bridgehead atoms. The summed E-state index contributed by atoms with van der Waals surface area (Å²) in [5.41, 5.74) is 7.79. The van der Waals surface area contributed by atoms with Crippen LogP contribution in [-0.4, -0.2) is 24.5 Å². The Bertz CT molecular complexity index is 414. The predicted molar refractivity (Wildman–Crippen MR) is 84.7 cm³/mol. The standard InChI is InChI=1S/C16H27N3O/c1-5-10-19(13(4)16(20)18-12(2)3)15-8-6-14(11-17)7-9-15/h6-9,12-13H,5,10-11,17H2,1-4H3,(H,18,20). The van der Waals surface area contributed by atoms with Gasteiger partial charge in [-0.3, -0.25) is 4.79 Å². The van der Waals surface area contributed by atoms with Gasteiger partial charge in [0, 0.05) is 24.8 Å². The molecule has 1 amide bonds. The molecule has 1 atom stereocenters. The summed E-state index contributed by atoms with van der Waals surface area (Å²) in [6.45, 7) is 9.42. The van der Waals surface area contributed by atoms with Crippen LogP contribution in [0.3, 0.4) is 0 Å². The van der Waals surface area contributed by atoms with Crippen molar-refractivity contribution in [3.63, 3.8) is 0 Å². The number of hydrogen-bond acceptors (Lipinski definition) is 3. The fourth-order valence-electron chi connectivity index (χ4n) is 2.16. The number of nitrogens with zero attached hydrogens (tertiary/aromatic N) is 1. The van der Waals surface area contributed by atoms with E-state index >= 15 is 0 Å². The maximum Gasteiger partial charge on any atom is 0.242 e. The quantitative estimate of drug-likeness (QED) is 0.804. The molecule has 1 aromatic rings. The van der Waals surface area contributed by atoms with E-state index in [0.29, 0.717) is 6.54 Å². The zero-order valence-electron chi connectivity index (χ0n) is 13.0. The van der Waals surface area contributed by atoms with Crippen molar-refractivity contribution in [3.8, 4) is 0 Å². The van der Waals surface area contributed by atoms with Crippen molar-refractivity contribution in [2.24, 2.45) is 5.73 Å². The topological polar surface area (TPSA) is 58.4 Å². The Kier molecular flexibility index (Phi) is 6.52. The van der Waals surface area contributed by atoms with Gasteiger partial charge in [0.25, 0.3) is 0 Å². The van der Waals surface area contributed by atoms with E-state index in [1.807, 2.05) is 45.0 Å². The summed E-state index contributed by atoms with van der Waals surface area (Å²) in [4.78, 5) is 14.3. The SMILES string of the molecule is CCCN(c1ccc(CN)cc1)C(C)C(=O)NC(C)C. The summed E-state index contributed by atoms with van der Waals surface area (Å²) in [6.07, 6.45) is 0.998. The second-order valence-electron chi connectivity index (χ2n) is 5.40. The van der Waals surface area contributed by atoms with E-state index in [0.717, 1.165) is 24.2 Å². The average molecular weight is 277 g/mol. The second-order valence-corrected chi connectivity index (χ2v) is 5.40. The molecule has 0 aliphatic heterocycles. The van der Waals surface area contributed by atoms with E-state index < -0.39 is 0 Å². The number of carbonyl (C=O) groups excluding carboxylic acids is 1. The molecule has 4 nitrogen and oxygen atoms in total. The molecular formula is C16H27N3O. The maximum atomic E-state index is 12.2. The average Bonchev–Trinajstić information content (AvgIpc) is 2.43. The van der Waals surface area contributed by atoms with Gasteiger partial charge in [0.05, 0.1) is 0 Å². The minimum atomic E-state index is -0.180. The lowest BCUT2D eigenvalue weighted by Gasteiger charge is -2.31. The molecule has 0 saturated heterocycles. The van der Waals surface area contributed by atoms with Crippen molar-refractivity contribution in [2.75, 3.05) is 11.4 Å². The molecule has 0 fully saturated rings. The van der Waals surface area contributed by atoms with Gasteiger partial charge >= 0.3 is 0 Å². The predicted octanol–water partition coefficient (Wildman–Crippen LogP) is 2.27. The number of nitrogens with one attached hydrogen (secondary N) is 1. The van der Waals surface area contributed by atoms with Crippen LogP contribution in [0.2, 0.25) is 0 Å². The molecule has 4 heteroatoms. The molecule has 1 rings (SSSR count). The molecular weight excluding hydrogens is 250 g/mol. The van der Waals surface area contributed by atoms with Crippen molar-refractivity contribution in [1.82, 2.24) is 5.32 Å². The Morgan fingerprint density at radius 2 is 1.85 bits per heavy atom. The normalized spacial score (nSPS) is 12.3. The number of carbonyl (C=O) groups is 1. The van der Waals surface area contributed by atoms with Gasteiger partial charge in [0.15, 0.2) is 0 Å². The van der Waals surface area contributed by atoms with Gasteiger partial charge < -0.3 is 16.0 Å². The first-order chi connectivity index (χ1) is 9.49. The van der Waals surface area contributed by atoms with Crippen LogP contribution in [-0.2, 0) is 11.3 Å². The lowest BCUT2D eigenvalue weighted by Crippen LogP contribution is -2.47. The summed E-state index contributed by atoms with van der Waals surface area (Å²) in [5, 5.41) is 2.97. The Labute approximate surface area is 122 Å². The fourth-order valence-corrected chi connectivity index (χ4v) is 2.16. The summed E-state index contributed by atoms with van der Waals surface area (Å²) in [6, 6.07) is 8.10. The largest absolute Gasteiger partial charge is 0.360 e. The first kappa shape index (κ1) is 16.5. The van der Waals surface area contributed by atoms with Crippen LogP contribution in [0.25, 0.3) is 0 Å². The Hall–Kier alpha value is -1.55. The third-order valence-corrected chi connectivity index (χ3v) is 3.25. The third kappa shape index (κ3) is 4.53. The van der Waals surface area contributed by atoms with Crippen LogP contribution in [0.1, 0.15) is 39.7 Å². The molecule has 0 aliphatic rings. The Morgan fingerprint density at radius 1 is 1.25 bits per heavy atom. The number of hydrogen-bond donors (Lipinski definition) is 2. The minimum absolute atomic E-state index is 0.0661. The zero-order chi connectivity index (χ0) is 15.1. The van der Waals surface area contributed by atoms with E-state index in [4.69, 9.17) is 5.73 Å². The Balaban J connectivity index is 2.88. The zero-order valence-corrected chi connectivity index (χ0v) is 13.0. The maximum absolute atomic E-state index is 12.2. The smallest absolute Gasteiger partial charge is 0.242 e. The second kappa shape index (κ2) is 7.90. The summed E-state index contributed by atoms with van der Waals surface area (Å²) in [7, 11) is 0. The number of benzene rings is 1. The molecule has 0 saturated carbocycles. The molecule has 0 heterocycles. The summed E-state index contributed by atoms with van der Waals surface area (Å²) >= 11 is 0. The van der Waals surface area contributed by atoms with Gasteiger partial charge in [-0.05, 0) is 44.9 Å². The van der Waals surface area contributed by atoms with Crippen molar-refractivity contribution < 1.29 is 4.79 Å². The van der Waals surface area contributed by atoms with Crippen LogP contribution in [0, 0.1) is 0 Å².